The van der Waals surface area contributed by atoms with Gasteiger partial charge in [-0.15, -0.1) is 11.3 Å². The fourth-order valence-electron chi connectivity index (χ4n) is 2.66. The van der Waals surface area contributed by atoms with Gasteiger partial charge in [0.1, 0.15) is 0 Å². The van der Waals surface area contributed by atoms with Crippen molar-refractivity contribution >= 4 is 27.8 Å². The highest BCUT2D eigenvalue weighted by Crippen LogP contribution is 2.32. The first-order valence-corrected chi connectivity index (χ1v) is 8.21. The smallest absolute Gasteiger partial charge is 0.174 e. The molecule has 4 heteroatoms. The summed E-state index contributed by atoms with van der Waals surface area (Å²) in [6.45, 7) is 1.88. The molecule has 3 N–H and O–H groups in total. The molecule has 1 fully saturated rings. The first kappa shape index (κ1) is 14.4. The zero-order chi connectivity index (χ0) is 13.7. The lowest BCUT2D eigenvalue weighted by atomic mass is 9.97. The minimum atomic E-state index is 0.146. The Morgan fingerprint density at radius 1 is 1.32 bits per heavy atom. The molecular formula is C15H24N2OS. The number of rotatable bonds is 4. The Bertz CT molecular complexity index is 420. The number of hydrogen-bond acceptors (Lipinski definition) is 4. The summed E-state index contributed by atoms with van der Waals surface area (Å²) in [5, 5.41) is 4.63. The molecular weight excluding hydrogens is 256 g/mol. The summed E-state index contributed by atoms with van der Waals surface area (Å²) in [5.74, 6) is 0.146. The van der Waals surface area contributed by atoms with Gasteiger partial charge in [-0.25, -0.2) is 0 Å². The summed E-state index contributed by atoms with van der Waals surface area (Å²) in [7, 11) is 0. The van der Waals surface area contributed by atoms with E-state index in [1.165, 1.54) is 56.3 Å². The van der Waals surface area contributed by atoms with E-state index in [-0.39, 0.29) is 5.78 Å². The molecule has 19 heavy (non-hydrogen) atoms. The Morgan fingerprint density at radius 3 is 2.58 bits per heavy atom. The molecule has 0 aliphatic heterocycles. The molecule has 0 bridgehead atoms. The highest BCUT2D eigenvalue weighted by molar-refractivity contribution is 7.18. The van der Waals surface area contributed by atoms with Gasteiger partial charge in [0.2, 0.25) is 0 Å². The van der Waals surface area contributed by atoms with Crippen LogP contribution in [0.2, 0.25) is 0 Å². The molecule has 2 rings (SSSR count). The lowest BCUT2D eigenvalue weighted by molar-refractivity contribution is 0.0993. The van der Waals surface area contributed by atoms with E-state index in [9.17, 15) is 4.79 Å². The lowest BCUT2D eigenvalue weighted by Crippen LogP contribution is -2.19. The Kier molecular flexibility index (Phi) is 5.25. The minimum absolute atomic E-state index is 0.146. The van der Waals surface area contributed by atoms with Crippen LogP contribution < -0.4 is 11.1 Å². The minimum Gasteiger partial charge on any atom is -0.397 e. The molecule has 1 aliphatic carbocycles. The van der Waals surface area contributed by atoms with Crippen molar-refractivity contribution in [3.8, 4) is 0 Å². The number of Topliss-reactive ketones (excluding diaryl/α,β-unsaturated/α-hetero) is 1. The van der Waals surface area contributed by atoms with Crippen LogP contribution in [-0.4, -0.2) is 11.8 Å². The van der Waals surface area contributed by atoms with E-state index in [2.05, 4.69) is 5.32 Å². The van der Waals surface area contributed by atoms with Crippen LogP contribution in [0.5, 0.6) is 0 Å². The topological polar surface area (TPSA) is 55.1 Å². The average Bonchev–Trinajstić information content (AvgIpc) is 2.72. The summed E-state index contributed by atoms with van der Waals surface area (Å²) >= 11 is 1.51. The predicted molar refractivity (Wildman–Crippen MR) is 83.1 cm³/mol. The fraction of sp³-hybridized carbons (Fsp3) is 0.667. The van der Waals surface area contributed by atoms with E-state index in [4.69, 9.17) is 5.73 Å². The largest absolute Gasteiger partial charge is 0.397 e. The molecule has 0 radical (unpaired) electrons. The SMILES string of the molecule is CCC(=O)c1sc(NC2CCCCCCC2)cc1N. The van der Waals surface area contributed by atoms with Crippen molar-refractivity contribution in [2.45, 2.75) is 64.3 Å². The summed E-state index contributed by atoms with van der Waals surface area (Å²) in [5.41, 5.74) is 6.56. The van der Waals surface area contributed by atoms with Crippen LogP contribution in [0, 0.1) is 0 Å². The van der Waals surface area contributed by atoms with Gasteiger partial charge in [-0.3, -0.25) is 4.79 Å². The summed E-state index contributed by atoms with van der Waals surface area (Å²) < 4.78 is 0. The van der Waals surface area contributed by atoms with Crippen LogP contribution in [-0.2, 0) is 0 Å². The zero-order valence-corrected chi connectivity index (χ0v) is 12.5. The second-order valence-electron chi connectivity index (χ2n) is 5.36. The molecule has 1 heterocycles. The fourth-order valence-corrected chi connectivity index (χ4v) is 3.72. The van der Waals surface area contributed by atoms with Crippen molar-refractivity contribution in [2.24, 2.45) is 0 Å². The van der Waals surface area contributed by atoms with Crippen LogP contribution in [0.25, 0.3) is 0 Å². The van der Waals surface area contributed by atoms with Gasteiger partial charge in [0.25, 0.3) is 0 Å². The Balaban J connectivity index is 1.99. The molecule has 0 saturated heterocycles. The van der Waals surface area contributed by atoms with Gasteiger partial charge in [0.05, 0.1) is 15.6 Å². The van der Waals surface area contributed by atoms with Crippen molar-refractivity contribution in [1.82, 2.24) is 0 Å². The van der Waals surface area contributed by atoms with Gasteiger partial charge in [-0.05, 0) is 18.9 Å². The maximum Gasteiger partial charge on any atom is 0.174 e. The second kappa shape index (κ2) is 6.94. The van der Waals surface area contributed by atoms with Crippen LogP contribution in [0.4, 0.5) is 10.7 Å². The first-order valence-electron chi connectivity index (χ1n) is 7.39. The molecule has 1 aromatic rings. The molecule has 0 amide bonds. The third-order valence-corrected chi connectivity index (χ3v) is 4.91. The lowest BCUT2D eigenvalue weighted by Gasteiger charge is -2.21. The van der Waals surface area contributed by atoms with Crippen molar-refractivity contribution in [3.63, 3.8) is 0 Å². The van der Waals surface area contributed by atoms with Crippen LogP contribution in [0.3, 0.4) is 0 Å². The molecule has 3 nitrogen and oxygen atoms in total. The molecule has 1 aromatic heterocycles. The predicted octanol–water partition coefficient (Wildman–Crippen LogP) is 4.45. The number of thiophene rings is 1. The standard InChI is InChI=1S/C15H24N2OS/c1-2-13(18)15-12(16)10-14(19-15)17-11-8-6-4-3-5-7-9-11/h10-11,17H,2-9,16H2,1H3. The average molecular weight is 280 g/mol. The van der Waals surface area contributed by atoms with Gasteiger partial charge < -0.3 is 11.1 Å². The normalized spacial score (nSPS) is 17.7. The quantitative estimate of drug-likeness (QED) is 0.801. The molecule has 1 aliphatic rings. The van der Waals surface area contributed by atoms with E-state index in [0.717, 1.165) is 9.88 Å². The highest BCUT2D eigenvalue weighted by Gasteiger charge is 2.16. The van der Waals surface area contributed by atoms with E-state index >= 15 is 0 Å². The summed E-state index contributed by atoms with van der Waals surface area (Å²) in [6, 6.07) is 2.47. The Labute approximate surface area is 119 Å². The number of hydrogen-bond donors (Lipinski definition) is 2. The molecule has 0 spiro atoms. The summed E-state index contributed by atoms with van der Waals surface area (Å²) in [6.07, 6.45) is 9.68. The Hall–Kier alpha value is -1.03. The number of anilines is 2. The van der Waals surface area contributed by atoms with Crippen LogP contribution in [0.15, 0.2) is 6.07 Å². The summed E-state index contributed by atoms with van der Waals surface area (Å²) in [4.78, 5) is 12.5. The number of carbonyl (C=O) groups excluding carboxylic acids is 1. The second-order valence-corrected chi connectivity index (χ2v) is 6.41. The molecule has 0 atom stereocenters. The monoisotopic (exact) mass is 280 g/mol. The number of ketones is 1. The van der Waals surface area contributed by atoms with Gasteiger partial charge >= 0.3 is 0 Å². The maximum absolute atomic E-state index is 11.7. The Morgan fingerprint density at radius 2 is 1.95 bits per heavy atom. The van der Waals surface area contributed by atoms with Crippen molar-refractivity contribution in [3.05, 3.63) is 10.9 Å². The van der Waals surface area contributed by atoms with Crippen molar-refractivity contribution in [2.75, 3.05) is 11.1 Å². The third-order valence-electron chi connectivity index (χ3n) is 3.79. The van der Waals surface area contributed by atoms with Gasteiger partial charge in [-0.1, -0.05) is 39.0 Å². The number of nitrogens with one attached hydrogen (secondary N) is 1. The number of nitrogens with two attached hydrogens (primary N) is 1. The van der Waals surface area contributed by atoms with Crippen LogP contribution in [0.1, 0.15) is 68.0 Å². The van der Waals surface area contributed by atoms with Crippen molar-refractivity contribution < 1.29 is 4.79 Å². The maximum atomic E-state index is 11.7. The van der Waals surface area contributed by atoms with Crippen molar-refractivity contribution in [1.29, 1.82) is 0 Å². The molecule has 0 unspecified atom stereocenters. The van der Waals surface area contributed by atoms with Crippen LogP contribution >= 0.6 is 11.3 Å². The van der Waals surface area contributed by atoms with Gasteiger partial charge in [0.15, 0.2) is 5.78 Å². The third kappa shape index (κ3) is 3.96. The number of carbonyl (C=O) groups is 1. The molecule has 0 aromatic carbocycles. The van der Waals surface area contributed by atoms with E-state index < -0.39 is 0 Å². The zero-order valence-electron chi connectivity index (χ0n) is 11.7. The first-order chi connectivity index (χ1) is 9.20. The van der Waals surface area contributed by atoms with E-state index in [1.54, 1.807) is 0 Å². The number of nitrogen functional groups attached to an aromatic ring is 1. The van der Waals surface area contributed by atoms with E-state index in [1.807, 2.05) is 13.0 Å². The van der Waals surface area contributed by atoms with Gasteiger partial charge in [-0.2, -0.15) is 0 Å². The molecule has 106 valence electrons. The van der Waals surface area contributed by atoms with Gasteiger partial charge in [0, 0.05) is 12.5 Å². The highest BCUT2D eigenvalue weighted by atomic mass is 32.1. The molecule has 1 saturated carbocycles. The van der Waals surface area contributed by atoms with E-state index in [0.29, 0.717) is 18.2 Å².